The number of anilines is 1. The number of aryl methyl sites for hydroxylation is 1. The number of nitrogens with one attached hydrogen (secondary N) is 1. The third-order valence-electron chi connectivity index (χ3n) is 5.74. The Morgan fingerprint density at radius 2 is 2.12 bits per heavy atom. The second-order valence-electron chi connectivity index (χ2n) is 7.88. The predicted molar refractivity (Wildman–Crippen MR) is 118 cm³/mol. The fourth-order valence-electron chi connectivity index (χ4n) is 3.77. The molecule has 0 spiro atoms. The van der Waals surface area contributed by atoms with E-state index in [0.717, 1.165) is 31.4 Å². The van der Waals surface area contributed by atoms with E-state index < -0.39 is 5.91 Å². The molecule has 0 radical (unpaired) electrons. The lowest BCUT2D eigenvalue weighted by Crippen LogP contribution is -2.38. The predicted octanol–water partition coefficient (Wildman–Crippen LogP) is 1.93. The molecule has 1 amide bonds. The lowest BCUT2D eigenvalue weighted by Gasteiger charge is -2.33. The summed E-state index contributed by atoms with van der Waals surface area (Å²) in [4.78, 5) is 15.2. The van der Waals surface area contributed by atoms with Gasteiger partial charge in [0.25, 0.3) is 5.91 Å². The number of nitrogen functional groups attached to an aromatic ring is 1. The molecule has 11 nitrogen and oxygen atoms in total. The molecule has 2 aromatic heterocycles. The highest BCUT2D eigenvalue weighted by molar-refractivity contribution is 5.94. The number of nitrogens with zero attached hydrogens (tertiary/aromatic N) is 7. The van der Waals surface area contributed by atoms with E-state index in [-0.39, 0.29) is 17.3 Å². The Kier molecular flexibility index (Phi) is 6.55. The quantitative estimate of drug-likeness (QED) is 0.422. The topological polar surface area (TPSA) is 140 Å². The van der Waals surface area contributed by atoms with Crippen LogP contribution in [0.3, 0.4) is 0 Å². The Balaban J connectivity index is 1.56. The third-order valence-corrected chi connectivity index (χ3v) is 5.74. The summed E-state index contributed by atoms with van der Waals surface area (Å²) in [6.45, 7) is 5.66. The second-order valence-corrected chi connectivity index (χ2v) is 7.88. The highest BCUT2D eigenvalue weighted by Gasteiger charge is 2.27. The molecule has 0 bridgehead atoms. The van der Waals surface area contributed by atoms with E-state index >= 15 is 0 Å². The van der Waals surface area contributed by atoms with Crippen molar-refractivity contribution >= 4 is 17.9 Å². The molecule has 1 aliphatic rings. The van der Waals surface area contributed by atoms with Gasteiger partial charge in [-0.3, -0.25) is 9.69 Å². The largest absolute Gasteiger partial charge is 0.378 e. The summed E-state index contributed by atoms with van der Waals surface area (Å²) in [6.07, 6.45) is 5.94. The van der Waals surface area contributed by atoms with Crippen molar-refractivity contribution in [1.82, 2.24) is 35.6 Å². The summed E-state index contributed by atoms with van der Waals surface area (Å²) in [5.41, 5.74) is 11.2. The highest BCUT2D eigenvalue weighted by Crippen LogP contribution is 2.22. The SMILES string of the molecule is CCc1ccc(/C=N\NC(=O)c2nnn(-c3nonc3N)c2CN2CCCCC2C)cc1. The lowest BCUT2D eigenvalue weighted by molar-refractivity contribution is 0.0945. The first-order chi connectivity index (χ1) is 15.6. The molecular weight excluding hydrogens is 410 g/mol. The standard InChI is InChI=1S/C21H27N9O2/c1-3-15-7-9-16(10-8-15)12-23-25-21(31)18-17(13-29-11-5-4-6-14(29)2)30(28-24-18)20-19(22)26-32-27-20/h7-10,12,14H,3-6,11,13H2,1-2H3,(H2,22,26)(H,25,31)/b23-12-. The van der Waals surface area contributed by atoms with Crippen LogP contribution in [0.15, 0.2) is 34.0 Å². The van der Waals surface area contributed by atoms with Crippen LogP contribution < -0.4 is 11.2 Å². The molecule has 4 rings (SSSR count). The summed E-state index contributed by atoms with van der Waals surface area (Å²) in [5, 5.41) is 19.7. The fraction of sp³-hybridized carbons (Fsp3) is 0.429. The molecule has 3 heterocycles. The average Bonchev–Trinajstić information content (AvgIpc) is 3.41. The molecule has 1 saturated heterocycles. The molecule has 3 aromatic rings. The first kappa shape index (κ1) is 21.6. The van der Waals surface area contributed by atoms with Gasteiger partial charge in [-0.1, -0.05) is 42.8 Å². The van der Waals surface area contributed by atoms with Crippen molar-refractivity contribution in [3.05, 3.63) is 46.8 Å². The van der Waals surface area contributed by atoms with Crippen LogP contribution in [-0.2, 0) is 13.0 Å². The van der Waals surface area contributed by atoms with E-state index in [1.54, 1.807) is 6.21 Å². The van der Waals surface area contributed by atoms with Gasteiger partial charge in [-0.25, -0.2) is 10.1 Å². The van der Waals surface area contributed by atoms with Gasteiger partial charge in [0.1, 0.15) is 0 Å². The van der Waals surface area contributed by atoms with Gasteiger partial charge in [-0.05, 0) is 54.2 Å². The maximum atomic E-state index is 12.9. The molecule has 168 valence electrons. The summed E-state index contributed by atoms with van der Waals surface area (Å²) in [7, 11) is 0. The number of benzene rings is 1. The van der Waals surface area contributed by atoms with Crippen molar-refractivity contribution in [3.63, 3.8) is 0 Å². The normalized spacial score (nSPS) is 17.1. The van der Waals surface area contributed by atoms with Crippen LogP contribution in [0.1, 0.15) is 60.4 Å². The number of rotatable bonds is 7. The molecule has 3 N–H and O–H groups in total. The number of hydrogen-bond acceptors (Lipinski definition) is 9. The van der Waals surface area contributed by atoms with Crippen molar-refractivity contribution < 1.29 is 9.42 Å². The molecule has 32 heavy (non-hydrogen) atoms. The van der Waals surface area contributed by atoms with Gasteiger partial charge in [0.2, 0.25) is 11.6 Å². The molecule has 0 saturated carbocycles. The Labute approximate surface area is 185 Å². The second kappa shape index (κ2) is 9.69. The molecule has 1 fully saturated rings. The van der Waals surface area contributed by atoms with Crippen LogP contribution in [0.2, 0.25) is 0 Å². The van der Waals surface area contributed by atoms with Gasteiger partial charge in [0.05, 0.1) is 11.9 Å². The maximum Gasteiger partial charge on any atom is 0.293 e. The van der Waals surface area contributed by atoms with Gasteiger partial charge >= 0.3 is 0 Å². The van der Waals surface area contributed by atoms with Crippen LogP contribution in [0, 0.1) is 0 Å². The minimum Gasteiger partial charge on any atom is -0.378 e. The summed E-state index contributed by atoms with van der Waals surface area (Å²) < 4.78 is 6.13. The summed E-state index contributed by atoms with van der Waals surface area (Å²) in [6, 6.07) is 8.34. The molecule has 1 unspecified atom stereocenters. The number of aromatic nitrogens is 5. The maximum absolute atomic E-state index is 12.9. The van der Waals surface area contributed by atoms with Crippen LogP contribution in [0.4, 0.5) is 5.82 Å². The van der Waals surface area contributed by atoms with Gasteiger partial charge in [0.15, 0.2) is 5.69 Å². The summed E-state index contributed by atoms with van der Waals surface area (Å²) >= 11 is 0. The minimum absolute atomic E-state index is 0.0725. The fourth-order valence-corrected chi connectivity index (χ4v) is 3.77. The van der Waals surface area contributed by atoms with Crippen molar-refractivity contribution in [3.8, 4) is 5.82 Å². The smallest absolute Gasteiger partial charge is 0.293 e. The van der Waals surface area contributed by atoms with Crippen molar-refractivity contribution in [2.45, 2.75) is 52.1 Å². The lowest BCUT2D eigenvalue weighted by atomic mass is 10.0. The number of amides is 1. The molecule has 1 atom stereocenters. The van der Waals surface area contributed by atoms with Crippen LogP contribution >= 0.6 is 0 Å². The number of piperidine rings is 1. The van der Waals surface area contributed by atoms with E-state index in [4.69, 9.17) is 10.4 Å². The van der Waals surface area contributed by atoms with E-state index in [0.29, 0.717) is 18.3 Å². The first-order valence-corrected chi connectivity index (χ1v) is 10.8. The minimum atomic E-state index is -0.465. The van der Waals surface area contributed by atoms with E-state index in [9.17, 15) is 4.79 Å². The van der Waals surface area contributed by atoms with Gasteiger partial charge in [0, 0.05) is 12.6 Å². The van der Waals surface area contributed by atoms with Crippen molar-refractivity contribution in [2.24, 2.45) is 5.10 Å². The molecule has 1 aliphatic heterocycles. The molecule has 11 heteroatoms. The number of hydrazone groups is 1. The van der Waals surface area contributed by atoms with Gasteiger partial charge < -0.3 is 5.73 Å². The Morgan fingerprint density at radius 3 is 2.81 bits per heavy atom. The number of carbonyl (C=O) groups excluding carboxylic acids is 1. The Morgan fingerprint density at radius 1 is 1.31 bits per heavy atom. The van der Waals surface area contributed by atoms with Crippen LogP contribution in [0.5, 0.6) is 0 Å². The number of likely N-dealkylation sites (tertiary alicyclic amines) is 1. The first-order valence-electron chi connectivity index (χ1n) is 10.8. The van der Waals surface area contributed by atoms with E-state index in [1.807, 2.05) is 24.3 Å². The van der Waals surface area contributed by atoms with E-state index in [1.165, 1.54) is 16.7 Å². The molecule has 1 aromatic carbocycles. The zero-order valence-corrected chi connectivity index (χ0v) is 18.2. The summed E-state index contributed by atoms with van der Waals surface area (Å²) in [5.74, 6) is -0.188. The van der Waals surface area contributed by atoms with Crippen LogP contribution in [0.25, 0.3) is 5.82 Å². The third kappa shape index (κ3) is 4.67. The Bertz CT molecular complexity index is 1090. The van der Waals surface area contributed by atoms with E-state index in [2.05, 4.69) is 49.9 Å². The monoisotopic (exact) mass is 437 g/mol. The number of carbonyl (C=O) groups is 1. The van der Waals surface area contributed by atoms with Gasteiger partial charge in [-0.2, -0.15) is 9.78 Å². The number of hydrogen-bond donors (Lipinski definition) is 2. The van der Waals surface area contributed by atoms with Crippen LogP contribution in [-0.4, -0.2) is 54.9 Å². The average molecular weight is 438 g/mol. The molecular formula is C21H27N9O2. The van der Waals surface area contributed by atoms with Crippen molar-refractivity contribution in [2.75, 3.05) is 12.3 Å². The highest BCUT2D eigenvalue weighted by atomic mass is 16.6. The Hall–Kier alpha value is -3.60. The molecule has 0 aliphatic carbocycles. The van der Waals surface area contributed by atoms with Gasteiger partial charge in [-0.15, -0.1) is 5.10 Å². The number of nitrogens with two attached hydrogens (primary N) is 1. The van der Waals surface area contributed by atoms with Crippen molar-refractivity contribution in [1.29, 1.82) is 0 Å². The zero-order chi connectivity index (χ0) is 22.5. The zero-order valence-electron chi connectivity index (χ0n) is 18.2.